The predicted molar refractivity (Wildman–Crippen MR) is 98.9 cm³/mol. The van der Waals surface area contributed by atoms with Gasteiger partial charge in [-0.05, 0) is 26.1 Å². The zero-order chi connectivity index (χ0) is 17.3. The molecule has 146 valence electrons. The first-order chi connectivity index (χ1) is 11.4. The van der Waals surface area contributed by atoms with E-state index in [9.17, 15) is 13.2 Å². The van der Waals surface area contributed by atoms with Gasteiger partial charge >= 0.3 is 0 Å². The van der Waals surface area contributed by atoms with Gasteiger partial charge in [0.15, 0.2) is 0 Å². The molecule has 0 aliphatic carbocycles. The third kappa shape index (κ3) is 4.45. The molecule has 0 radical (unpaired) electrons. The number of rotatable bonds is 4. The number of piperazine rings is 2. The summed E-state index contributed by atoms with van der Waals surface area (Å²) in [5, 5.41) is 3.20. The van der Waals surface area contributed by atoms with E-state index in [0.29, 0.717) is 45.2 Å². The summed E-state index contributed by atoms with van der Waals surface area (Å²) in [6, 6.07) is 0. The van der Waals surface area contributed by atoms with Crippen molar-refractivity contribution in [1.29, 1.82) is 0 Å². The molecule has 3 heterocycles. The summed E-state index contributed by atoms with van der Waals surface area (Å²) < 4.78 is 28.6. The molecule has 25 heavy (non-hydrogen) atoms. The van der Waals surface area contributed by atoms with Crippen molar-refractivity contribution in [3.05, 3.63) is 0 Å². The Morgan fingerprint density at radius 2 is 1.44 bits per heavy atom. The average molecular weight is 396 g/mol. The third-order valence-corrected chi connectivity index (χ3v) is 7.61. The van der Waals surface area contributed by atoms with Crippen LogP contribution < -0.4 is 5.32 Å². The van der Waals surface area contributed by atoms with E-state index in [1.54, 1.807) is 4.31 Å². The van der Waals surface area contributed by atoms with Gasteiger partial charge in [-0.3, -0.25) is 4.79 Å². The van der Waals surface area contributed by atoms with Crippen molar-refractivity contribution in [3.63, 3.8) is 0 Å². The van der Waals surface area contributed by atoms with Crippen molar-refractivity contribution in [2.24, 2.45) is 11.8 Å². The first kappa shape index (κ1) is 20.9. The van der Waals surface area contributed by atoms with Gasteiger partial charge in [0, 0.05) is 58.3 Å². The number of nitrogens with one attached hydrogen (secondary N) is 1. The molecular formula is C15H30ClN5O3S. The van der Waals surface area contributed by atoms with Gasteiger partial charge in [0.05, 0.1) is 0 Å². The molecule has 1 unspecified atom stereocenters. The van der Waals surface area contributed by atoms with Crippen molar-refractivity contribution < 1.29 is 13.2 Å². The fourth-order valence-corrected chi connectivity index (χ4v) is 5.05. The Kier molecular flexibility index (Phi) is 7.09. The van der Waals surface area contributed by atoms with E-state index in [2.05, 4.69) is 10.2 Å². The largest absolute Gasteiger partial charge is 0.340 e. The first-order valence-corrected chi connectivity index (χ1v) is 10.2. The molecule has 0 aromatic rings. The van der Waals surface area contributed by atoms with Crippen LogP contribution >= 0.6 is 12.4 Å². The summed E-state index contributed by atoms with van der Waals surface area (Å²) in [5.41, 5.74) is 0. The SMILES string of the molecule is CC(C(=O)N1CCN(S(=O)(=O)N2CCN(C)CC2)CC1)C1CNC1.Cl. The number of likely N-dealkylation sites (N-methyl/N-ethyl adjacent to an activating group) is 1. The van der Waals surface area contributed by atoms with Crippen LogP contribution in [0.1, 0.15) is 6.92 Å². The highest BCUT2D eigenvalue weighted by Crippen LogP contribution is 2.20. The van der Waals surface area contributed by atoms with Crippen molar-refractivity contribution in [2.45, 2.75) is 6.92 Å². The van der Waals surface area contributed by atoms with Crippen LogP contribution in [0.4, 0.5) is 0 Å². The Labute approximate surface area is 157 Å². The summed E-state index contributed by atoms with van der Waals surface area (Å²) in [6.45, 7) is 8.22. The van der Waals surface area contributed by atoms with E-state index >= 15 is 0 Å². The van der Waals surface area contributed by atoms with Gasteiger partial charge in [0.2, 0.25) is 5.91 Å². The maximum absolute atomic E-state index is 12.7. The number of carbonyl (C=O) groups is 1. The second-order valence-corrected chi connectivity index (χ2v) is 9.07. The summed E-state index contributed by atoms with van der Waals surface area (Å²) in [7, 11) is -1.39. The van der Waals surface area contributed by atoms with Crippen LogP contribution in [0.5, 0.6) is 0 Å². The van der Waals surface area contributed by atoms with Crippen LogP contribution in [-0.2, 0) is 15.0 Å². The smallest absolute Gasteiger partial charge is 0.282 e. The Bertz CT molecular complexity index is 556. The van der Waals surface area contributed by atoms with E-state index in [1.807, 2.05) is 18.9 Å². The molecule has 3 saturated heterocycles. The minimum absolute atomic E-state index is 0. The first-order valence-electron chi connectivity index (χ1n) is 8.83. The predicted octanol–water partition coefficient (Wildman–Crippen LogP) is -1.10. The minimum atomic E-state index is -3.40. The highest BCUT2D eigenvalue weighted by Gasteiger charge is 2.37. The fraction of sp³-hybridized carbons (Fsp3) is 0.933. The molecule has 1 amide bonds. The number of hydrogen-bond donors (Lipinski definition) is 1. The Morgan fingerprint density at radius 3 is 1.88 bits per heavy atom. The normalized spacial score (nSPS) is 25.9. The molecule has 0 spiro atoms. The van der Waals surface area contributed by atoms with Crippen molar-refractivity contribution in [1.82, 2.24) is 23.7 Å². The third-order valence-electron chi connectivity index (χ3n) is 5.57. The molecule has 3 aliphatic heterocycles. The average Bonchev–Trinajstić information content (AvgIpc) is 2.53. The monoisotopic (exact) mass is 395 g/mol. The van der Waals surface area contributed by atoms with Crippen molar-refractivity contribution in [2.75, 3.05) is 72.5 Å². The molecule has 1 atom stereocenters. The molecule has 10 heteroatoms. The second kappa shape index (κ2) is 8.49. The van der Waals surface area contributed by atoms with Crippen LogP contribution in [0, 0.1) is 11.8 Å². The molecule has 0 bridgehead atoms. The second-order valence-electron chi connectivity index (χ2n) is 7.14. The van der Waals surface area contributed by atoms with E-state index in [4.69, 9.17) is 0 Å². The molecule has 0 aromatic heterocycles. The summed E-state index contributed by atoms with van der Waals surface area (Å²) >= 11 is 0. The molecule has 0 aromatic carbocycles. The summed E-state index contributed by atoms with van der Waals surface area (Å²) in [6.07, 6.45) is 0. The summed E-state index contributed by atoms with van der Waals surface area (Å²) in [5.74, 6) is 0.606. The molecule has 8 nitrogen and oxygen atoms in total. The maximum atomic E-state index is 12.7. The maximum Gasteiger partial charge on any atom is 0.282 e. The molecule has 1 N–H and O–H groups in total. The van der Waals surface area contributed by atoms with Gasteiger partial charge in [0.25, 0.3) is 10.2 Å². The van der Waals surface area contributed by atoms with Crippen molar-refractivity contribution >= 4 is 28.5 Å². The minimum Gasteiger partial charge on any atom is -0.340 e. The fourth-order valence-electron chi connectivity index (χ4n) is 3.48. The Morgan fingerprint density at radius 1 is 0.960 bits per heavy atom. The standard InChI is InChI=1S/C15H29N5O3S.ClH/c1-13(14-11-16-12-14)15(21)18-5-9-20(10-6-18)24(22,23)19-7-3-17(2)4-8-19;/h13-14,16H,3-12H2,1-2H3;1H. The van der Waals surface area contributed by atoms with E-state index in [-0.39, 0.29) is 24.2 Å². The van der Waals surface area contributed by atoms with Crippen LogP contribution in [0.25, 0.3) is 0 Å². The van der Waals surface area contributed by atoms with Crippen LogP contribution in [-0.4, -0.2) is 105 Å². The zero-order valence-corrected chi connectivity index (χ0v) is 16.7. The van der Waals surface area contributed by atoms with Gasteiger partial charge in [-0.15, -0.1) is 12.4 Å². The van der Waals surface area contributed by atoms with Crippen LogP contribution in [0.2, 0.25) is 0 Å². The molecule has 3 aliphatic rings. The quantitative estimate of drug-likeness (QED) is 0.654. The Hall–Kier alpha value is -0.450. The topological polar surface area (TPSA) is 76.2 Å². The van der Waals surface area contributed by atoms with Crippen LogP contribution in [0.15, 0.2) is 0 Å². The molecule has 3 rings (SSSR count). The van der Waals surface area contributed by atoms with E-state index in [0.717, 1.165) is 26.2 Å². The zero-order valence-electron chi connectivity index (χ0n) is 15.1. The van der Waals surface area contributed by atoms with Gasteiger partial charge in [-0.25, -0.2) is 0 Å². The van der Waals surface area contributed by atoms with Crippen molar-refractivity contribution in [3.8, 4) is 0 Å². The van der Waals surface area contributed by atoms with E-state index in [1.165, 1.54) is 4.31 Å². The van der Waals surface area contributed by atoms with Gasteiger partial charge < -0.3 is 15.1 Å². The lowest BCUT2D eigenvalue weighted by atomic mass is 9.88. The van der Waals surface area contributed by atoms with Gasteiger partial charge in [0.1, 0.15) is 0 Å². The molecule has 0 saturated carbocycles. The summed E-state index contributed by atoms with van der Waals surface area (Å²) in [4.78, 5) is 16.5. The Balaban J connectivity index is 0.00000225. The van der Waals surface area contributed by atoms with Gasteiger partial charge in [-0.2, -0.15) is 17.0 Å². The lowest BCUT2D eigenvalue weighted by Crippen LogP contribution is -2.58. The lowest BCUT2D eigenvalue weighted by Gasteiger charge is -2.41. The molecular weight excluding hydrogens is 366 g/mol. The van der Waals surface area contributed by atoms with Crippen LogP contribution in [0.3, 0.4) is 0 Å². The highest BCUT2D eigenvalue weighted by molar-refractivity contribution is 7.86. The number of carbonyl (C=O) groups excluding carboxylic acids is 1. The number of nitrogens with zero attached hydrogens (tertiary/aromatic N) is 4. The number of hydrogen-bond acceptors (Lipinski definition) is 5. The number of halogens is 1. The lowest BCUT2D eigenvalue weighted by molar-refractivity contribution is -0.138. The highest BCUT2D eigenvalue weighted by atomic mass is 35.5. The number of amides is 1. The van der Waals surface area contributed by atoms with Gasteiger partial charge in [-0.1, -0.05) is 6.92 Å². The molecule has 3 fully saturated rings. The van der Waals surface area contributed by atoms with E-state index < -0.39 is 10.2 Å².